The first-order valence-electron chi connectivity index (χ1n) is 9.54. The van der Waals surface area contributed by atoms with Crippen LogP contribution in [-0.2, 0) is 16.1 Å². The van der Waals surface area contributed by atoms with Crippen molar-refractivity contribution in [2.45, 2.75) is 38.3 Å². The maximum absolute atomic E-state index is 12.8. The number of aliphatic hydroxyl groups excluding tert-OH is 1. The van der Waals surface area contributed by atoms with E-state index in [1.165, 1.54) is 7.05 Å². The van der Waals surface area contributed by atoms with Crippen molar-refractivity contribution in [3.63, 3.8) is 0 Å². The summed E-state index contributed by atoms with van der Waals surface area (Å²) in [7, 11) is 1.54. The van der Waals surface area contributed by atoms with Crippen LogP contribution in [0.25, 0.3) is 0 Å². The molecule has 27 heavy (non-hydrogen) atoms. The number of aldehydes is 1. The average Bonchev–Trinajstić information content (AvgIpc) is 3.04. The van der Waals surface area contributed by atoms with Crippen LogP contribution in [0.5, 0.6) is 0 Å². The summed E-state index contributed by atoms with van der Waals surface area (Å²) in [5, 5.41) is 11.9. The second-order valence-corrected chi connectivity index (χ2v) is 7.26. The minimum atomic E-state index is -0.635. The predicted molar refractivity (Wildman–Crippen MR) is 101 cm³/mol. The number of hydrogen-bond donors (Lipinski definition) is 2. The monoisotopic (exact) mass is 373 g/mol. The fourth-order valence-corrected chi connectivity index (χ4v) is 3.97. The summed E-state index contributed by atoms with van der Waals surface area (Å²) in [6, 6.07) is 5.20. The van der Waals surface area contributed by atoms with Gasteiger partial charge < -0.3 is 25.0 Å². The third kappa shape index (κ3) is 3.98. The molecular weight excluding hydrogens is 346 g/mol. The van der Waals surface area contributed by atoms with E-state index in [1.54, 1.807) is 4.90 Å². The Morgan fingerprint density at radius 2 is 2.11 bits per heavy atom. The third-order valence-corrected chi connectivity index (χ3v) is 5.64. The van der Waals surface area contributed by atoms with Gasteiger partial charge in [0.25, 0.3) is 5.91 Å². The molecule has 2 aliphatic heterocycles. The Balaban J connectivity index is 1.76. The second-order valence-electron chi connectivity index (χ2n) is 7.26. The van der Waals surface area contributed by atoms with Crippen molar-refractivity contribution >= 4 is 23.8 Å². The molecule has 1 aromatic rings. The first-order valence-corrected chi connectivity index (χ1v) is 9.54. The number of anilines is 1. The fourth-order valence-electron chi connectivity index (χ4n) is 3.97. The lowest BCUT2D eigenvalue weighted by Gasteiger charge is -2.33. The summed E-state index contributed by atoms with van der Waals surface area (Å²) in [4.78, 5) is 39.6. The first kappa shape index (κ1) is 19.4. The standard InChI is InChI=1S/C20H27N3O4/c1-21-19(26)18(3-2-10-24)23-12-15-11-16(4-5-17(15)20(23)27)22-8-6-14(13-25)7-9-22/h4-5,10-11,14,18,25H,2-3,6-9,12-13H2,1H3,(H,21,26). The van der Waals surface area contributed by atoms with Crippen molar-refractivity contribution < 1.29 is 19.5 Å². The van der Waals surface area contributed by atoms with Crippen LogP contribution in [0.4, 0.5) is 5.69 Å². The molecule has 0 saturated carbocycles. The summed E-state index contributed by atoms with van der Waals surface area (Å²) in [5.41, 5.74) is 2.62. The highest BCUT2D eigenvalue weighted by Gasteiger charge is 2.36. The number of aliphatic hydroxyl groups is 1. The first-order chi connectivity index (χ1) is 13.1. The molecule has 3 rings (SSSR count). The zero-order valence-corrected chi connectivity index (χ0v) is 15.7. The molecule has 2 amide bonds. The number of amides is 2. The van der Waals surface area contributed by atoms with Crippen molar-refractivity contribution in [3.8, 4) is 0 Å². The van der Waals surface area contributed by atoms with Gasteiger partial charge in [-0.2, -0.15) is 0 Å². The minimum absolute atomic E-state index is 0.157. The molecule has 2 heterocycles. The largest absolute Gasteiger partial charge is 0.396 e. The van der Waals surface area contributed by atoms with Gasteiger partial charge in [-0.3, -0.25) is 9.59 Å². The number of hydrogen-bond acceptors (Lipinski definition) is 5. The lowest BCUT2D eigenvalue weighted by molar-refractivity contribution is -0.125. The molecule has 2 aliphatic rings. The predicted octanol–water partition coefficient (Wildman–Crippen LogP) is 0.945. The van der Waals surface area contributed by atoms with Gasteiger partial charge in [0.15, 0.2) is 0 Å². The number of nitrogens with zero attached hydrogens (tertiary/aromatic N) is 2. The number of fused-ring (bicyclic) bond motifs is 1. The zero-order chi connectivity index (χ0) is 19.4. The maximum atomic E-state index is 12.8. The van der Waals surface area contributed by atoms with Crippen LogP contribution in [0.15, 0.2) is 18.2 Å². The van der Waals surface area contributed by atoms with E-state index in [0.29, 0.717) is 24.4 Å². The molecule has 7 heteroatoms. The summed E-state index contributed by atoms with van der Waals surface area (Å²) in [6.45, 7) is 2.40. The second kappa shape index (κ2) is 8.52. The molecule has 0 radical (unpaired) electrons. The average molecular weight is 373 g/mol. The molecule has 1 aromatic carbocycles. The molecule has 0 spiro atoms. The van der Waals surface area contributed by atoms with Crippen LogP contribution in [0.1, 0.15) is 41.6 Å². The topological polar surface area (TPSA) is 90.0 Å². The summed E-state index contributed by atoms with van der Waals surface area (Å²) >= 11 is 0. The van der Waals surface area contributed by atoms with Gasteiger partial charge in [-0.15, -0.1) is 0 Å². The SMILES string of the molecule is CNC(=O)C(CCC=O)N1Cc2cc(N3CCC(CO)CC3)ccc2C1=O. The van der Waals surface area contributed by atoms with E-state index in [1.807, 2.05) is 18.2 Å². The van der Waals surface area contributed by atoms with Gasteiger partial charge in [-0.05, 0) is 48.9 Å². The lowest BCUT2D eigenvalue weighted by Crippen LogP contribution is -2.46. The molecular formula is C20H27N3O4. The Labute approximate surface area is 159 Å². The Kier molecular flexibility index (Phi) is 6.11. The fraction of sp³-hybridized carbons (Fsp3) is 0.550. The number of nitrogens with one attached hydrogen (secondary N) is 1. The van der Waals surface area contributed by atoms with Crippen LogP contribution >= 0.6 is 0 Å². The van der Waals surface area contributed by atoms with Crippen LogP contribution in [-0.4, -0.2) is 60.9 Å². The van der Waals surface area contributed by atoms with E-state index in [-0.39, 0.29) is 24.8 Å². The van der Waals surface area contributed by atoms with E-state index >= 15 is 0 Å². The Morgan fingerprint density at radius 1 is 1.37 bits per heavy atom. The number of piperidine rings is 1. The van der Waals surface area contributed by atoms with Crippen molar-refractivity contribution in [1.82, 2.24) is 10.2 Å². The molecule has 0 aliphatic carbocycles. The highest BCUT2D eigenvalue weighted by molar-refractivity contribution is 6.01. The van der Waals surface area contributed by atoms with Crippen LogP contribution in [0.3, 0.4) is 0 Å². The molecule has 1 atom stereocenters. The maximum Gasteiger partial charge on any atom is 0.255 e. The number of carbonyl (C=O) groups excluding carboxylic acids is 3. The number of benzene rings is 1. The summed E-state index contributed by atoms with van der Waals surface area (Å²) < 4.78 is 0. The molecule has 0 bridgehead atoms. The van der Waals surface area contributed by atoms with Crippen LogP contribution in [0.2, 0.25) is 0 Å². The Morgan fingerprint density at radius 3 is 2.74 bits per heavy atom. The van der Waals surface area contributed by atoms with Gasteiger partial charge in [-0.1, -0.05) is 0 Å². The summed E-state index contributed by atoms with van der Waals surface area (Å²) in [6.07, 6.45) is 3.26. The quantitative estimate of drug-likeness (QED) is 0.695. The van der Waals surface area contributed by atoms with E-state index in [4.69, 9.17) is 0 Å². The molecule has 7 nitrogen and oxygen atoms in total. The van der Waals surface area contributed by atoms with Gasteiger partial charge in [-0.25, -0.2) is 0 Å². The van der Waals surface area contributed by atoms with Gasteiger partial charge in [0.1, 0.15) is 12.3 Å². The highest BCUT2D eigenvalue weighted by atomic mass is 16.3. The Bertz CT molecular complexity index is 713. The van der Waals surface area contributed by atoms with Crippen LogP contribution < -0.4 is 10.2 Å². The van der Waals surface area contributed by atoms with Gasteiger partial charge in [0, 0.05) is 51.0 Å². The third-order valence-electron chi connectivity index (χ3n) is 5.64. The van der Waals surface area contributed by atoms with Crippen LogP contribution in [0, 0.1) is 5.92 Å². The van der Waals surface area contributed by atoms with E-state index in [9.17, 15) is 19.5 Å². The minimum Gasteiger partial charge on any atom is -0.396 e. The smallest absolute Gasteiger partial charge is 0.255 e. The Hall–Kier alpha value is -2.41. The number of carbonyl (C=O) groups is 3. The highest BCUT2D eigenvalue weighted by Crippen LogP contribution is 2.31. The molecule has 0 aromatic heterocycles. The summed E-state index contributed by atoms with van der Waals surface area (Å²) in [5.74, 6) is -0.0294. The molecule has 146 valence electrons. The molecule has 1 fully saturated rings. The molecule has 1 unspecified atom stereocenters. The van der Waals surface area contributed by atoms with Crippen molar-refractivity contribution in [2.24, 2.45) is 5.92 Å². The van der Waals surface area contributed by atoms with E-state index in [2.05, 4.69) is 10.2 Å². The van der Waals surface area contributed by atoms with Gasteiger partial charge >= 0.3 is 0 Å². The normalized spacial score (nSPS) is 18.4. The molecule has 2 N–H and O–H groups in total. The van der Waals surface area contributed by atoms with Gasteiger partial charge in [0.05, 0.1) is 0 Å². The number of likely N-dealkylation sites (N-methyl/N-ethyl adjacent to an activating group) is 1. The molecule has 1 saturated heterocycles. The lowest BCUT2D eigenvalue weighted by atomic mass is 9.97. The van der Waals surface area contributed by atoms with E-state index in [0.717, 1.165) is 43.5 Å². The van der Waals surface area contributed by atoms with Crippen molar-refractivity contribution in [2.75, 3.05) is 31.6 Å². The van der Waals surface area contributed by atoms with Crippen molar-refractivity contribution in [1.29, 1.82) is 0 Å². The zero-order valence-electron chi connectivity index (χ0n) is 15.7. The van der Waals surface area contributed by atoms with Crippen molar-refractivity contribution in [3.05, 3.63) is 29.3 Å². The van der Waals surface area contributed by atoms with E-state index < -0.39 is 6.04 Å². The van der Waals surface area contributed by atoms with Gasteiger partial charge in [0.2, 0.25) is 5.91 Å². The number of rotatable bonds is 7.